The van der Waals surface area contributed by atoms with Gasteiger partial charge in [0.25, 0.3) is 0 Å². The van der Waals surface area contributed by atoms with Crippen molar-refractivity contribution in [1.29, 1.82) is 0 Å². The molecule has 310 valence electrons. The Hall–Kier alpha value is -3.33. The molecule has 0 saturated heterocycles. The van der Waals surface area contributed by atoms with Gasteiger partial charge in [0.15, 0.2) is 6.10 Å². The Morgan fingerprint density at radius 1 is 0.545 bits per heavy atom. The third-order valence-corrected chi connectivity index (χ3v) is 8.64. The molecule has 0 fully saturated rings. The van der Waals surface area contributed by atoms with Gasteiger partial charge < -0.3 is 20.1 Å². The van der Waals surface area contributed by atoms with Crippen LogP contribution in [0.3, 0.4) is 0 Å². The van der Waals surface area contributed by atoms with Crippen LogP contribution in [0.4, 0.5) is 0 Å². The van der Waals surface area contributed by atoms with Crippen LogP contribution in [0.15, 0.2) is 109 Å². The van der Waals surface area contributed by atoms with Crippen LogP contribution >= 0.6 is 7.82 Å². The summed E-state index contributed by atoms with van der Waals surface area (Å²) in [4.78, 5) is 34.8. The molecule has 0 aliphatic rings. The predicted molar refractivity (Wildman–Crippen MR) is 228 cm³/mol. The maximum absolute atomic E-state index is 12.6. The second-order valence-electron chi connectivity index (χ2n) is 12.7. The maximum Gasteiger partial charge on any atom is 0.472 e. The Balaban J connectivity index is 4.36. The zero-order chi connectivity index (χ0) is 40.3. The summed E-state index contributed by atoms with van der Waals surface area (Å²) in [5.74, 6) is -0.930. The highest BCUT2D eigenvalue weighted by atomic mass is 31.2. The molecule has 2 atom stereocenters. The van der Waals surface area contributed by atoms with Crippen LogP contribution in [0, 0.1) is 0 Å². The first-order chi connectivity index (χ1) is 26.8. The van der Waals surface area contributed by atoms with Crippen molar-refractivity contribution >= 4 is 19.8 Å². The molecule has 0 aliphatic carbocycles. The predicted octanol–water partition coefficient (Wildman–Crippen LogP) is 11.6. The highest BCUT2D eigenvalue weighted by Crippen LogP contribution is 2.43. The summed E-state index contributed by atoms with van der Waals surface area (Å²) in [7, 11) is -4.40. The van der Waals surface area contributed by atoms with Gasteiger partial charge in [-0.3, -0.25) is 18.6 Å². The van der Waals surface area contributed by atoms with Crippen molar-refractivity contribution < 1.29 is 37.6 Å². The van der Waals surface area contributed by atoms with E-state index in [4.69, 9.17) is 24.3 Å². The molecule has 0 spiro atoms. The van der Waals surface area contributed by atoms with E-state index >= 15 is 0 Å². The average Bonchev–Trinajstić information content (AvgIpc) is 3.17. The summed E-state index contributed by atoms with van der Waals surface area (Å²) in [6.07, 6.45) is 52.7. The monoisotopic (exact) mass is 785 g/mol. The number of unbranched alkanes of at least 4 members (excludes halogenated alkanes) is 5. The molecule has 0 bridgehead atoms. The number of carbonyl (C=O) groups excluding carboxylic acids is 2. The molecular formula is C45H72NO8P. The zero-order valence-corrected chi connectivity index (χ0v) is 34.7. The van der Waals surface area contributed by atoms with E-state index in [1.54, 1.807) is 0 Å². The van der Waals surface area contributed by atoms with E-state index in [0.29, 0.717) is 12.8 Å². The highest BCUT2D eigenvalue weighted by molar-refractivity contribution is 7.47. The Kier molecular flexibility index (Phi) is 37.9. The molecule has 0 aromatic heterocycles. The summed E-state index contributed by atoms with van der Waals surface area (Å²) in [6.45, 7) is 3.37. The van der Waals surface area contributed by atoms with Crippen molar-refractivity contribution in [3.63, 3.8) is 0 Å². The van der Waals surface area contributed by atoms with Crippen LogP contribution in [0.2, 0.25) is 0 Å². The highest BCUT2D eigenvalue weighted by Gasteiger charge is 2.25. The molecule has 0 aliphatic heterocycles. The summed E-state index contributed by atoms with van der Waals surface area (Å²) in [5, 5.41) is 0. The fraction of sp³-hybridized carbons (Fsp3) is 0.556. The van der Waals surface area contributed by atoms with E-state index in [1.165, 1.54) is 0 Å². The largest absolute Gasteiger partial charge is 0.472 e. The number of nitrogens with two attached hydrogens (primary N) is 1. The number of hydrogen-bond donors (Lipinski definition) is 2. The van der Waals surface area contributed by atoms with E-state index in [9.17, 15) is 19.0 Å². The van der Waals surface area contributed by atoms with E-state index < -0.39 is 32.5 Å². The second-order valence-corrected chi connectivity index (χ2v) is 14.2. The Labute approximate surface area is 333 Å². The van der Waals surface area contributed by atoms with Gasteiger partial charge >= 0.3 is 19.8 Å². The van der Waals surface area contributed by atoms with Gasteiger partial charge in [-0.05, 0) is 96.3 Å². The van der Waals surface area contributed by atoms with Crippen LogP contribution in [-0.4, -0.2) is 49.3 Å². The SMILES string of the molecule is CCC=CCC=CCC=CCC=CCC=CCCCCCC(=O)OC(COC(=O)CCCCC=CCC=CCC=CCC=CCC)COP(=O)(O)OCCN. The minimum atomic E-state index is -4.40. The van der Waals surface area contributed by atoms with Crippen LogP contribution in [-0.2, 0) is 32.7 Å². The molecule has 0 amide bonds. The van der Waals surface area contributed by atoms with Gasteiger partial charge in [-0.1, -0.05) is 130 Å². The van der Waals surface area contributed by atoms with E-state index in [-0.39, 0.29) is 32.6 Å². The number of rotatable bonds is 36. The van der Waals surface area contributed by atoms with Crippen LogP contribution in [0.1, 0.15) is 129 Å². The quantitative estimate of drug-likeness (QED) is 0.0275. The number of hydrogen-bond acceptors (Lipinski definition) is 8. The number of allylic oxidation sites excluding steroid dienone is 18. The van der Waals surface area contributed by atoms with E-state index in [1.807, 2.05) is 0 Å². The minimum Gasteiger partial charge on any atom is -0.462 e. The van der Waals surface area contributed by atoms with Crippen LogP contribution < -0.4 is 5.73 Å². The maximum atomic E-state index is 12.6. The number of carbonyl (C=O) groups is 2. The lowest BCUT2D eigenvalue weighted by molar-refractivity contribution is -0.161. The van der Waals surface area contributed by atoms with Crippen LogP contribution in [0.5, 0.6) is 0 Å². The number of ether oxygens (including phenoxy) is 2. The summed E-state index contributed by atoms with van der Waals surface area (Å²) < 4.78 is 32.6. The molecule has 10 heteroatoms. The fourth-order valence-corrected chi connectivity index (χ4v) is 5.47. The third kappa shape index (κ3) is 40.2. The summed E-state index contributed by atoms with van der Waals surface area (Å²) >= 11 is 0. The molecule has 0 heterocycles. The first kappa shape index (κ1) is 51.7. The van der Waals surface area contributed by atoms with Crippen LogP contribution in [0.25, 0.3) is 0 Å². The number of phosphoric ester groups is 1. The third-order valence-electron chi connectivity index (χ3n) is 7.65. The second kappa shape index (κ2) is 40.3. The first-order valence-electron chi connectivity index (χ1n) is 20.4. The van der Waals surface area contributed by atoms with Crippen molar-refractivity contribution in [2.24, 2.45) is 5.73 Å². The van der Waals surface area contributed by atoms with Crippen molar-refractivity contribution in [3.8, 4) is 0 Å². The average molecular weight is 786 g/mol. The Bertz CT molecular complexity index is 1260. The van der Waals surface area contributed by atoms with Gasteiger partial charge in [0.1, 0.15) is 6.61 Å². The number of phosphoric acid groups is 1. The zero-order valence-electron chi connectivity index (χ0n) is 33.9. The summed E-state index contributed by atoms with van der Waals surface area (Å²) in [5.41, 5.74) is 5.33. The molecule has 0 saturated carbocycles. The molecule has 2 unspecified atom stereocenters. The van der Waals surface area contributed by atoms with Gasteiger partial charge in [0.2, 0.25) is 0 Å². The fourth-order valence-electron chi connectivity index (χ4n) is 4.71. The van der Waals surface area contributed by atoms with Crippen molar-refractivity contribution in [1.82, 2.24) is 0 Å². The standard InChI is InChI=1S/C45H72NO8P/c1-3-5-7-9-11-13-15-17-19-20-21-22-24-26-28-30-32-34-36-38-45(48)54-43(42-53-55(49,50)52-40-39-46)41-51-44(47)37-35-33-31-29-27-25-23-18-16-14-12-10-8-6-4-2/h5-8,11-14,17-19,21-23,26-29,43H,3-4,9-10,15-16,20,24-25,30-42,46H2,1-2H3,(H,49,50). The Morgan fingerprint density at radius 2 is 0.945 bits per heavy atom. The minimum absolute atomic E-state index is 0.0350. The number of esters is 2. The lowest BCUT2D eigenvalue weighted by Crippen LogP contribution is -2.29. The van der Waals surface area contributed by atoms with E-state index in [2.05, 4.69) is 123 Å². The van der Waals surface area contributed by atoms with Gasteiger partial charge in [-0.15, -0.1) is 0 Å². The molecule has 0 radical (unpaired) electrons. The normalized spacial score (nSPS) is 14.5. The van der Waals surface area contributed by atoms with Gasteiger partial charge in [-0.25, -0.2) is 4.57 Å². The topological polar surface area (TPSA) is 134 Å². The van der Waals surface area contributed by atoms with Gasteiger partial charge in [-0.2, -0.15) is 0 Å². The molecule has 55 heavy (non-hydrogen) atoms. The van der Waals surface area contributed by atoms with Gasteiger partial charge in [0.05, 0.1) is 13.2 Å². The van der Waals surface area contributed by atoms with Crippen molar-refractivity contribution in [2.45, 2.75) is 136 Å². The molecule has 0 aromatic carbocycles. The van der Waals surface area contributed by atoms with Crippen molar-refractivity contribution in [3.05, 3.63) is 109 Å². The smallest absolute Gasteiger partial charge is 0.462 e. The molecule has 0 aromatic rings. The Morgan fingerprint density at radius 3 is 1.40 bits per heavy atom. The molecule has 9 nitrogen and oxygen atoms in total. The van der Waals surface area contributed by atoms with Crippen molar-refractivity contribution in [2.75, 3.05) is 26.4 Å². The van der Waals surface area contributed by atoms with E-state index in [0.717, 1.165) is 89.9 Å². The molecule has 0 rings (SSSR count). The molecular weight excluding hydrogens is 713 g/mol. The summed E-state index contributed by atoms with van der Waals surface area (Å²) in [6, 6.07) is 0. The lowest BCUT2D eigenvalue weighted by Gasteiger charge is -2.19. The first-order valence-corrected chi connectivity index (χ1v) is 21.9. The molecule has 3 N–H and O–H groups in total. The van der Waals surface area contributed by atoms with Gasteiger partial charge in [0, 0.05) is 19.4 Å². The lowest BCUT2D eigenvalue weighted by atomic mass is 10.1.